The van der Waals surface area contributed by atoms with Crippen molar-refractivity contribution in [1.29, 1.82) is 0 Å². The average Bonchev–Trinajstić information content (AvgIpc) is 3.45. The molecule has 216 valence electrons. The van der Waals surface area contributed by atoms with Crippen molar-refractivity contribution in [3.05, 3.63) is 210 Å². The molecule has 0 spiro atoms. The summed E-state index contributed by atoms with van der Waals surface area (Å²) in [7, 11) is 0. The molecule has 0 saturated heterocycles. The number of anilines is 3. The third-order valence-corrected chi connectivity index (χ3v) is 9.70. The Hall–Kier alpha value is -5.92. The van der Waals surface area contributed by atoms with Crippen LogP contribution in [0.4, 0.5) is 17.1 Å². The fourth-order valence-electron chi connectivity index (χ4n) is 7.86. The lowest BCUT2D eigenvalue weighted by molar-refractivity contribution is 0.768. The second-order valence-electron chi connectivity index (χ2n) is 12.1. The summed E-state index contributed by atoms with van der Waals surface area (Å²) in [6.07, 6.45) is 0. The summed E-state index contributed by atoms with van der Waals surface area (Å²) in [5.74, 6) is 0. The Balaban J connectivity index is 1.42. The van der Waals surface area contributed by atoms with E-state index in [4.69, 9.17) is 0 Å². The minimum absolute atomic E-state index is 0.460. The lowest BCUT2D eigenvalue weighted by Crippen LogP contribution is -2.28. The number of fused-ring (bicyclic) bond motifs is 6. The van der Waals surface area contributed by atoms with E-state index < -0.39 is 5.41 Å². The van der Waals surface area contributed by atoms with Crippen molar-refractivity contribution in [3.8, 4) is 11.1 Å². The molecule has 0 aliphatic heterocycles. The normalized spacial score (nSPS) is 13.0. The highest BCUT2D eigenvalue weighted by atomic mass is 15.1. The van der Waals surface area contributed by atoms with Crippen LogP contribution in [0.1, 0.15) is 22.3 Å². The van der Waals surface area contributed by atoms with E-state index >= 15 is 0 Å². The molecule has 1 aliphatic carbocycles. The van der Waals surface area contributed by atoms with Gasteiger partial charge in [0, 0.05) is 16.6 Å². The Kier molecular flexibility index (Phi) is 6.11. The van der Waals surface area contributed by atoms with Gasteiger partial charge in [0.05, 0.1) is 16.8 Å². The van der Waals surface area contributed by atoms with Crippen molar-refractivity contribution >= 4 is 38.6 Å². The van der Waals surface area contributed by atoms with Crippen LogP contribution in [-0.4, -0.2) is 0 Å². The van der Waals surface area contributed by atoms with Crippen LogP contribution in [0, 0.1) is 0 Å². The molecule has 0 atom stereocenters. The monoisotopic (exact) mass is 585 g/mol. The summed E-state index contributed by atoms with van der Waals surface area (Å²) >= 11 is 0. The highest BCUT2D eigenvalue weighted by molar-refractivity contribution is 6.15. The van der Waals surface area contributed by atoms with E-state index in [9.17, 15) is 0 Å². The van der Waals surface area contributed by atoms with Crippen LogP contribution in [-0.2, 0) is 5.41 Å². The van der Waals surface area contributed by atoms with Gasteiger partial charge in [-0.25, -0.2) is 0 Å². The first-order valence-corrected chi connectivity index (χ1v) is 16.0. The van der Waals surface area contributed by atoms with Crippen LogP contribution < -0.4 is 4.90 Å². The van der Waals surface area contributed by atoms with Crippen molar-refractivity contribution in [1.82, 2.24) is 0 Å². The quantitative estimate of drug-likeness (QED) is 0.182. The van der Waals surface area contributed by atoms with Gasteiger partial charge in [-0.1, -0.05) is 164 Å². The van der Waals surface area contributed by atoms with E-state index in [0.29, 0.717) is 0 Å². The van der Waals surface area contributed by atoms with E-state index in [2.05, 4.69) is 193 Å². The minimum Gasteiger partial charge on any atom is -0.309 e. The molecule has 0 fully saturated rings. The molecule has 0 heterocycles. The molecule has 1 nitrogen and oxygen atoms in total. The highest BCUT2D eigenvalue weighted by Crippen LogP contribution is 2.59. The van der Waals surface area contributed by atoms with Crippen LogP contribution in [0.5, 0.6) is 0 Å². The second kappa shape index (κ2) is 10.6. The van der Waals surface area contributed by atoms with E-state index in [1.54, 1.807) is 0 Å². The first-order chi connectivity index (χ1) is 22.9. The van der Waals surface area contributed by atoms with Gasteiger partial charge in [0.2, 0.25) is 0 Å². The van der Waals surface area contributed by atoms with Crippen molar-refractivity contribution in [2.45, 2.75) is 5.41 Å². The first-order valence-electron chi connectivity index (χ1n) is 16.0. The number of para-hydroxylation sites is 1. The topological polar surface area (TPSA) is 3.24 Å². The Morgan fingerprint density at radius 3 is 1.63 bits per heavy atom. The first kappa shape index (κ1) is 26.5. The second-order valence-corrected chi connectivity index (χ2v) is 12.1. The van der Waals surface area contributed by atoms with E-state index in [0.717, 1.165) is 5.69 Å². The molecule has 1 heteroatoms. The fraction of sp³-hybridized carbons (Fsp3) is 0.0222. The zero-order valence-electron chi connectivity index (χ0n) is 25.3. The third kappa shape index (κ3) is 3.82. The van der Waals surface area contributed by atoms with Gasteiger partial charge in [-0.05, 0) is 68.2 Å². The Bertz CT molecular complexity index is 2320. The predicted octanol–water partition coefficient (Wildman–Crippen LogP) is 11.8. The molecular formula is C45H31N. The Morgan fingerprint density at radius 1 is 0.370 bits per heavy atom. The zero-order chi connectivity index (χ0) is 30.5. The van der Waals surface area contributed by atoms with Crippen molar-refractivity contribution in [3.63, 3.8) is 0 Å². The summed E-state index contributed by atoms with van der Waals surface area (Å²) in [5.41, 5.74) is 10.7. The number of rotatable bonds is 5. The number of nitrogens with zero attached hydrogens (tertiary/aromatic N) is 1. The van der Waals surface area contributed by atoms with Gasteiger partial charge in [0.15, 0.2) is 0 Å². The molecule has 0 aromatic heterocycles. The standard InChI is InChI=1S/C45H31N/c1-4-18-33(19-5-1)45(34-20-6-2-7-21-34)40-28-15-14-27-39(40)44-41(45)29-16-30-42(44)46(35-22-8-3-9-23-35)43-31-32-17-10-11-24-36(32)37-25-12-13-26-38(37)43/h1-31H. The van der Waals surface area contributed by atoms with Gasteiger partial charge in [-0.15, -0.1) is 0 Å². The number of hydrogen-bond donors (Lipinski definition) is 0. The molecule has 0 unspecified atom stereocenters. The van der Waals surface area contributed by atoms with Gasteiger partial charge in [0.25, 0.3) is 0 Å². The van der Waals surface area contributed by atoms with E-state index in [-0.39, 0.29) is 0 Å². The van der Waals surface area contributed by atoms with Gasteiger partial charge in [0.1, 0.15) is 0 Å². The Morgan fingerprint density at radius 2 is 0.913 bits per heavy atom. The lowest BCUT2D eigenvalue weighted by atomic mass is 9.68. The van der Waals surface area contributed by atoms with Gasteiger partial charge < -0.3 is 4.90 Å². The van der Waals surface area contributed by atoms with Crippen LogP contribution in [0.15, 0.2) is 188 Å². The maximum atomic E-state index is 2.48. The summed E-state index contributed by atoms with van der Waals surface area (Å²) in [5, 5.41) is 4.98. The molecule has 0 saturated carbocycles. The summed E-state index contributed by atoms with van der Waals surface area (Å²) in [6, 6.07) is 68.7. The number of benzene rings is 8. The predicted molar refractivity (Wildman–Crippen MR) is 193 cm³/mol. The largest absolute Gasteiger partial charge is 0.309 e. The molecule has 46 heavy (non-hydrogen) atoms. The SMILES string of the molecule is c1ccc(N(c2cccc3c2-c2ccccc2C3(c2ccccc2)c2ccccc2)c2cc3ccccc3c3ccccc23)cc1. The smallest absolute Gasteiger partial charge is 0.0714 e. The minimum atomic E-state index is -0.460. The molecule has 8 aromatic carbocycles. The molecule has 9 rings (SSSR count). The van der Waals surface area contributed by atoms with Crippen LogP contribution in [0.25, 0.3) is 32.7 Å². The van der Waals surface area contributed by atoms with Gasteiger partial charge >= 0.3 is 0 Å². The number of hydrogen-bond acceptors (Lipinski definition) is 1. The summed E-state index contributed by atoms with van der Waals surface area (Å²) in [6.45, 7) is 0. The third-order valence-electron chi connectivity index (χ3n) is 9.70. The van der Waals surface area contributed by atoms with Crippen molar-refractivity contribution in [2.75, 3.05) is 4.90 Å². The summed E-state index contributed by atoms with van der Waals surface area (Å²) in [4.78, 5) is 2.48. The molecule has 1 aliphatic rings. The highest BCUT2D eigenvalue weighted by Gasteiger charge is 2.47. The average molecular weight is 586 g/mol. The molecule has 8 aromatic rings. The van der Waals surface area contributed by atoms with Crippen LogP contribution in [0.2, 0.25) is 0 Å². The molecule has 0 bridgehead atoms. The Labute approximate surface area is 269 Å². The van der Waals surface area contributed by atoms with Crippen LogP contribution in [0.3, 0.4) is 0 Å². The molecule has 0 N–H and O–H groups in total. The van der Waals surface area contributed by atoms with Gasteiger partial charge in [-0.2, -0.15) is 0 Å². The fourth-order valence-corrected chi connectivity index (χ4v) is 7.86. The maximum Gasteiger partial charge on any atom is 0.0714 e. The van der Waals surface area contributed by atoms with Crippen molar-refractivity contribution in [2.24, 2.45) is 0 Å². The molecular weight excluding hydrogens is 555 g/mol. The van der Waals surface area contributed by atoms with Crippen LogP contribution >= 0.6 is 0 Å². The van der Waals surface area contributed by atoms with E-state index in [1.807, 2.05) is 0 Å². The maximum absolute atomic E-state index is 2.48. The summed E-state index contributed by atoms with van der Waals surface area (Å²) < 4.78 is 0. The zero-order valence-corrected chi connectivity index (χ0v) is 25.3. The van der Waals surface area contributed by atoms with Gasteiger partial charge in [-0.3, -0.25) is 0 Å². The molecule has 0 radical (unpaired) electrons. The van der Waals surface area contributed by atoms with E-state index in [1.165, 1.54) is 66.3 Å². The van der Waals surface area contributed by atoms with Crippen molar-refractivity contribution < 1.29 is 0 Å². The lowest BCUT2D eigenvalue weighted by Gasteiger charge is -2.34. The molecule has 0 amide bonds.